The van der Waals surface area contributed by atoms with Crippen molar-refractivity contribution >= 4 is 5.96 Å². The van der Waals surface area contributed by atoms with Crippen LogP contribution in [0.5, 0.6) is 0 Å². The molecule has 0 saturated carbocycles. The van der Waals surface area contributed by atoms with Crippen LogP contribution in [0.2, 0.25) is 0 Å². The fourth-order valence-corrected chi connectivity index (χ4v) is 2.92. The normalized spacial score (nSPS) is 17.4. The maximum atomic E-state index is 5.95. The molecule has 0 fully saturated rings. The standard InChI is InChI=1S/C18H30N4/c1-4-17(12-21-18(19)20-11-14(2)3)22-10-9-15-7-5-6-8-16(15)13-22/h5-8,14,17H,4,9-13H2,1-3H3,(H3,19,20,21). The van der Waals surface area contributed by atoms with E-state index in [0.717, 1.165) is 39.0 Å². The van der Waals surface area contributed by atoms with Crippen molar-refractivity contribution in [1.82, 2.24) is 10.2 Å². The maximum absolute atomic E-state index is 5.95. The van der Waals surface area contributed by atoms with E-state index >= 15 is 0 Å². The van der Waals surface area contributed by atoms with Gasteiger partial charge in [-0.25, -0.2) is 0 Å². The molecule has 3 N–H and O–H groups in total. The molecule has 0 radical (unpaired) electrons. The molecule has 122 valence electrons. The fraction of sp³-hybridized carbons (Fsp3) is 0.611. The summed E-state index contributed by atoms with van der Waals surface area (Å²) in [6.07, 6.45) is 2.26. The van der Waals surface area contributed by atoms with E-state index in [0.29, 0.717) is 17.9 Å². The molecule has 0 aliphatic carbocycles. The van der Waals surface area contributed by atoms with Crippen molar-refractivity contribution in [3.8, 4) is 0 Å². The van der Waals surface area contributed by atoms with E-state index in [9.17, 15) is 0 Å². The second-order valence-electron chi connectivity index (χ2n) is 6.55. The zero-order valence-electron chi connectivity index (χ0n) is 14.2. The van der Waals surface area contributed by atoms with Gasteiger partial charge in [0, 0.05) is 32.2 Å². The molecule has 1 aromatic carbocycles. The number of fused-ring (bicyclic) bond motifs is 1. The van der Waals surface area contributed by atoms with E-state index in [2.05, 4.69) is 60.2 Å². The lowest BCUT2D eigenvalue weighted by molar-refractivity contribution is 0.174. The number of rotatable bonds is 6. The monoisotopic (exact) mass is 302 g/mol. The lowest BCUT2D eigenvalue weighted by Crippen LogP contribution is -2.47. The number of guanidine groups is 1. The van der Waals surface area contributed by atoms with Gasteiger partial charge in [-0.15, -0.1) is 0 Å². The summed E-state index contributed by atoms with van der Waals surface area (Å²) >= 11 is 0. The van der Waals surface area contributed by atoms with Crippen molar-refractivity contribution in [3.63, 3.8) is 0 Å². The zero-order chi connectivity index (χ0) is 15.9. The summed E-state index contributed by atoms with van der Waals surface area (Å²) in [6.45, 7) is 10.4. The SMILES string of the molecule is CCC(CNC(N)=NCC(C)C)N1CCc2ccccc2C1. The van der Waals surface area contributed by atoms with Crippen molar-refractivity contribution in [2.75, 3.05) is 19.6 Å². The van der Waals surface area contributed by atoms with Gasteiger partial charge in [0.1, 0.15) is 0 Å². The molecule has 0 amide bonds. The molecule has 1 heterocycles. The predicted octanol–water partition coefficient (Wildman–Crippen LogP) is 2.38. The number of hydrogen-bond acceptors (Lipinski definition) is 2. The highest BCUT2D eigenvalue weighted by Crippen LogP contribution is 2.21. The van der Waals surface area contributed by atoms with Gasteiger partial charge in [0.25, 0.3) is 0 Å². The molecule has 1 aromatic rings. The minimum absolute atomic E-state index is 0.501. The van der Waals surface area contributed by atoms with Crippen LogP contribution >= 0.6 is 0 Å². The van der Waals surface area contributed by atoms with Gasteiger partial charge in [0.15, 0.2) is 5.96 Å². The molecular formula is C18H30N4. The third kappa shape index (κ3) is 4.73. The third-order valence-electron chi connectivity index (χ3n) is 4.29. The maximum Gasteiger partial charge on any atom is 0.188 e. The van der Waals surface area contributed by atoms with Crippen molar-refractivity contribution in [3.05, 3.63) is 35.4 Å². The van der Waals surface area contributed by atoms with Crippen LogP contribution in [0.15, 0.2) is 29.3 Å². The second kappa shape index (κ2) is 8.18. The minimum Gasteiger partial charge on any atom is -0.370 e. The Morgan fingerprint density at radius 2 is 2.05 bits per heavy atom. The van der Waals surface area contributed by atoms with Gasteiger partial charge in [0.2, 0.25) is 0 Å². The van der Waals surface area contributed by atoms with Gasteiger partial charge >= 0.3 is 0 Å². The summed E-state index contributed by atoms with van der Waals surface area (Å²) in [6, 6.07) is 9.28. The van der Waals surface area contributed by atoms with Crippen LogP contribution in [0, 0.1) is 5.92 Å². The Labute approximate surface area is 134 Å². The van der Waals surface area contributed by atoms with E-state index in [1.807, 2.05) is 0 Å². The summed E-state index contributed by atoms with van der Waals surface area (Å²) in [7, 11) is 0. The van der Waals surface area contributed by atoms with Crippen molar-refractivity contribution in [2.45, 2.75) is 46.2 Å². The van der Waals surface area contributed by atoms with Gasteiger partial charge in [0.05, 0.1) is 0 Å². The number of aliphatic imine (C=N–C) groups is 1. The van der Waals surface area contributed by atoms with Crippen LogP contribution in [0.1, 0.15) is 38.3 Å². The molecule has 0 spiro atoms. The van der Waals surface area contributed by atoms with Gasteiger partial charge < -0.3 is 11.1 Å². The lowest BCUT2D eigenvalue weighted by Gasteiger charge is -2.35. The van der Waals surface area contributed by atoms with Gasteiger partial charge in [-0.05, 0) is 29.9 Å². The number of nitrogens with zero attached hydrogens (tertiary/aromatic N) is 2. The van der Waals surface area contributed by atoms with E-state index in [4.69, 9.17) is 5.73 Å². The molecule has 0 saturated heterocycles. The smallest absolute Gasteiger partial charge is 0.188 e. The van der Waals surface area contributed by atoms with E-state index in [1.165, 1.54) is 11.1 Å². The molecule has 1 aliphatic rings. The van der Waals surface area contributed by atoms with Crippen LogP contribution in [0.4, 0.5) is 0 Å². The van der Waals surface area contributed by atoms with Crippen molar-refractivity contribution < 1.29 is 0 Å². The quantitative estimate of drug-likeness (QED) is 0.626. The largest absolute Gasteiger partial charge is 0.370 e. The van der Waals surface area contributed by atoms with E-state index in [1.54, 1.807) is 0 Å². The Bertz CT molecular complexity index is 496. The third-order valence-corrected chi connectivity index (χ3v) is 4.29. The fourth-order valence-electron chi connectivity index (χ4n) is 2.92. The predicted molar refractivity (Wildman–Crippen MR) is 94.0 cm³/mol. The average molecular weight is 302 g/mol. The Morgan fingerprint density at radius 1 is 1.32 bits per heavy atom. The molecule has 1 unspecified atom stereocenters. The first-order valence-electron chi connectivity index (χ1n) is 8.44. The summed E-state index contributed by atoms with van der Waals surface area (Å²) in [4.78, 5) is 6.94. The molecule has 1 atom stereocenters. The van der Waals surface area contributed by atoms with Gasteiger partial charge in [-0.3, -0.25) is 9.89 Å². The zero-order valence-corrected chi connectivity index (χ0v) is 14.2. The van der Waals surface area contributed by atoms with Crippen molar-refractivity contribution in [2.24, 2.45) is 16.6 Å². The summed E-state index contributed by atoms with van der Waals surface area (Å²) in [5.41, 5.74) is 8.92. The highest BCUT2D eigenvalue weighted by Gasteiger charge is 2.22. The Hall–Kier alpha value is -1.55. The van der Waals surface area contributed by atoms with Crippen LogP contribution < -0.4 is 11.1 Å². The van der Waals surface area contributed by atoms with Crippen LogP contribution in [0.3, 0.4) is 0 Å². The molecule has 4 heteroatoms. The highest BCUT2D eigenvalue weighted by atomic mass is 15.2. The number of hydrogen-bond donors (Lipinski definition) is 2. The number of nitrogens with two attached hydrogens (primary N) is 1. The lowest BCUT2D eigenvalue weighted by atomic mass is 9.98. The molecular weight excluding hydrogens is 272 g/mol. The second-order valence-corrected chi connectivity index (χ2v) is 6.55. The number of benzene rings is 1. The van der Waals surface area contributed by atoms with Gasteiger partial charge in [-0.1, -0.05) is 45.0 Å². The van der Waals surface area contributed by atoms with Crippen LogP contribution in [0.25, 0.3) is 0 Å². The molecule has 2 rings (SSSR count). The molecule has 0 bridgehead atoms. The molecule has 1 aliphatic heterocycles. The molecule has 4 nitrogen and oxygen atoms in total. The van der Waals surface area contributed by atoms with Gasteiger partial charge in [-0.2, -0.15) is 0 Å². The molecule has 0 aromatic heterocycles. The summed E-state index contributed by atoms with van der Waals surface area (Å²) in [5, 5.41) is 3.30. The Kier molecular flexibility index (Phi) is 6.25. The number of nitrogens with one attached hydrogen (secondary N) is 1. The Balaban J connectivity index is 1.89. The average Bonchev–Trinajstić information content (AvgIpc) is 2.53. The highest BCUT2D eigenvalue weighted by molar-refractivity contribution is 5.77. The van der Waals surface area contributed by atoms with Crippen LogP contribution in [-0.4, -0.2) is 36.5 Å². The van der Waals surface area contributed by atoms with E-state index in [-0.39, 0.29) is 0 Å². The topological polar surface area (TPSA) is 53.6 Å². The van der Waals surface area contributed by atoms with E-state index < -0.39 is 0 Å². The Morgan fingerprint density at radius 3 is 2.73 bits per heavy atom. The van der Waals surface area contributed by atoms with Crippen molar-refractivity contribution in [1.29, 1.82) is 0 Å². The summed E-state index contributed by atoms with van der Waals surface area (Å²) in [5.74, 6) is 1.12. The van der Waals surface area contributed by atoms with Crippen LogP contribution in [-0.2, 0) is 13.0 Å². The first-order valence-corrected chi connectivity index (χ1v) is 8.44. The minimum atomic E-state index is 0.501. The molecule has 22 heavy (non-hydrogen) atoms. The first-order chi connectivity index (χ1) is 10.6. The first kappa shape index (κ1) is 16.8. The summed E-state index contributed by atoms with van der Waals surface area (Å²) < 4.78 is 0.